The van der Waals surface area contributed by atoms with Crippen molar-refractivity contribution in [3.63, 3.8) is 0 Å². The Balaban J connectivity index is 2.34. The Labute approximate surface area is 97.2 Å². The van der Waals surface area contributed by atoms with Crippen molar-refractivity contribution in [3.8, 4) is 0 Å². The topological polar surface area (TPSA) is 20.2 Å². The second-order valence-corrected chi connectivity index (χ2v) is 5.18. The van der Waals surface area contributed by atoms with Gasteiger partial charge < -0.3 is 5.11 Å². The van der Waals surface area contributed by atoms with Crippen molar-refractivity contribution < 1.29 is 5.11 Å². The second kappa shape index (κ2) is 3.51. The van der Waals surface area contributed by atoms with E-state index in [1.54, 1.807) is 0 Å². The van der Waals surface area contributed by atoms with E-state index in [1.807, 2.05) is 18.2 Å². The monoisotopic (exact) mass is 274 g/mol. The Morgan fingerprint density at radius 3 is 2.86 bits per heavy atom. The third-order valence-electron chi connectivity index (χ3n) is 2.96. The number of benzene rings is 1. The lowest BCUT2D eigenvalue weighted by molar-refractivity contribution is 0.130. The molecule has 1 saturated carbocycles. The number of halogens is 2. The van der Waals surface area contributed by atoms with Gasteiger partial charge in [-0.25, -0.2) is 0 Å². The summed E-state index contributed by atoms with van der Waals surface area (Å²) >= 11 is 9.44. The average molecular weight is 276 g/mol. The average Bonchev–Trinajstić information content (AvgIpc) is 2.77. The molecule has 0 spiro atoms. The second-order valence-electron chi connectivity index (χ2n) is 3.86. The van der Waals surface area contributed by atoms with Crippen LogP contribution in [0.15, 0.2) is 22.7 Å². The van der Waals surface area contributed by atoms with Crippen LogP contribution in [-0.4, -0.2) is 5.11 Å². The third kappa shape index (κ3) is 1.60. The van der Waals surface area contributed by atoms with E-state index in [1.165, 1.54) is 0 Å². The van der Waals surface area contributed by atoms with Gasteiger partial charge in [0, 0.05) is 15.1 Å². The van der Waals surface area contributed by atoms with Crippen LogP contribution < -0.4 is 0 Å². The summed E-state index contributed by atoms with van der Waals surface area (Å²) in [6.07, 6.45) is 1.84. The maximum absolute atomic E-state index is 10.2. The highest BCUT2D eigenvalue weighted by Gasteiger charge is 2.53. The number of rotatable bonds is 2. The van der Waals surface area contributed by atoms with Crippen LogP contribution in [0.5, 0.6) is 0 Å². The molecule has 1 aromatic rings. The lowest BCUT2D eigenvalue weighted by atomic mass is 10.0. The lowest BCUT2D eigenvalue weighted by Crippen LogP contribution is -2.09. The molecule has 0 amide bonds. The van der Waals surface area contributed by atoms with E-state index >= 15 is 0 Å². The van der Waals surface area contributed by atoms with E-state index in [9.17, 15) is 5.11 Å². The van der Waals surface area contributed by atoms with Crippen molar-refractivity contribution in [1.82, 2.24) is 0 Å². The van der Waals surface area contributed by atoms with Crippen molar-refractivity contribution >= 4 is 27.5 Å². The lowest BCUT2D eigenvalue weighted by Gasteiger charge is -2.12. The van der Waals surface area contributed by atoms with Crippen LogP contribution in [0, 0.1) is 5.92 Å². The number of hydrogen-bond donors (Lipinski definition) is 1. The normalized spacial score (nSPS) is 30.4. The summed E-state index contributed by atoms with van der Waals surface area (Å²) in [5, 5.41) is 10.9. The molecule has 1 N–H and O–H groups in total. The molecule has 2 unspecified atom stereocenters. The summed E-state index contributed by atoms with van der Waals surface area (Å²) in [6, 6.07) is 5.66. The van der Waals surface area contributed by atoms with E-state index in [0.29, 0.717) is 10.9 Å². The summed E-state index contributed by atoms with van der Waals surface area (Å²) in [5.41, 5.74) is 0.209. The Morgan fingerprint density at radius 1 is 1.64 bits per heavy atom. The highest BCUT2D eigenvalue weighted by atomic mass is 79.9. The van der Waals surface area contributed by atoms with Gasteiger partial charge in [0.05, 0.1) is 5.60 Å². The molecule has 0 aromatic heterocycles. The fourth-order valence-corrected chi connectivity index (χ4v) is 2.81. The molecule has 1 aromatic carbocycles. The van der Waals surface area contributed by atoms with Gasteiger partial charge in [-0.15, -0.1) is 0 Å². The molecular formula is C11H12BrClO. The molecule has 1 aliphatic carbocycles. The highest BCUT2D eigenvalue weighted by molar-refractivity contribution is 9.10. The van der Waals surface area contributed by atoms with Crippen molar-refractivity contribution in [2.75, 3.05) is 0 Å². The van der Waals surface area contributed by atoms with Crippen LogP contribution in [0.3, 0.4) is 0 Å². The molecule has 1 fully saturated rings. The number of hydrogen-bond acceptors (Lipinski definition) is 1. The molecule has 14 heavy (non-hydrogen) atoms. The summed E-state index contributed by atoms with van der Waals surface area (Å²) in [7, 11) is 0. The molecule has 3 heteroatoms. The zero-order chi connectivity index (χ0) is 10.3. The van der Waals surface area contributed by atoms with Gasteiger partial charge in [0.25, 0.3) is 0 Å². The maximum atomic E-state index is 10.2. The molecule has 0 radical (unpaired) electrons. The fraction of sp³-hybridized carbons (Fsp3) is 0.455. The van der Waals surface area contributed by atoms with Gasteiger partial charge in [0.15, 0.2) is 0 Å². The van der Waals surface area contributed by atoms with E-state index in [2.05, 4.69) is 22.9 Å². The van der Waals surface area contributed by atoms with E-state index in [0.717, 1.165) is 22.9 Å². The zero-order valence-corrected chi connectivity index (χ0v) is 10.3. The maximum Gasteiger partial charge on any atom is 0.0943 e. The Kier molecular flexibility index (Phi) is 2.63. The summed E-state index contributed by atoms with van der Waals surface area (Å²) in [6.45, 7) is 2.09. The standard InChI is InChI=1S/C11H12BrClO/c1-2-7-6-11(7,14)9-4-3-8(12)5-10(9)13/h3-5,7,14H,2,6H2,1H3. The van der Waals surface area contributed by atoms with Gasteiger partial charge in [-0.1, -0.05) is 46.9 Å². The first-order valence-corrected chi connectivity index (χ1v) is 5.93. The first-order chi connectivity index (χ1) is 6.58. The Bertz CT molecular complexity index is 366. The molecule has 0 aliphatic heterocycles. The predicted octanol–water partition coefficient (Wildman–Crippen LogP) is 3.72. The minimum Gasteiger partial charge on any atom is -0.385 e. The molecule has 76 valence electrons. The first-order valence-electron chi connectivity index (χ1n) is 4.76. The minimum absolute atomic E-state index is 0.376. The molecule has 1 nitrogen and oxygen atoms in total. The summed E-state index contributed by atoms with van der Waals surface area (Å²) < 4.78 is 0.948. The fourth-order valence-electron chi connectivity index (χ4n) is 1.97. The largest absolute Gasteiger partial charge is 0.385 e. The van der Waals surface area contributed by atoms with Gasteiger partial charge >= 0.3 is 0 Å². The van der Waals surface area contributed by atoms with Crippen LogP contribution in [0.2, 0.25) is 5.02 Å². The van der Waals surface area contributed by atoms with Crippen LogP contribution in [0.4, 0.5) is 0 Å². The number of aliphatic hydroxyl groups is 1. The molecular weight excluding hydrogens is 263 g/mol. The Hall–Kier alpha value is -0.0500. The molecule has 1 aliphatic rings. The first kappa shape index (κ1) is 10.5. The van der Waals surface area contributed by atoms with E-state index in [4.69, 9.17) is 11.6 Å². The van der Waals surface area contributed by atoms with Crippen molar-refractivity contribution in [1.29, 1.82) is 0 Å². The SMILES string of the molecule is CCC1CC1(O)c1ccc(Br)cc1Cl. The van der Waals surface area contributed by atoms with Crippen molar-refractivity contribution in [2.45, 2.75) is 25.4 Å². The Morgan fingerprint density at radius 2 is 2.36 bits per heavy atom. The van der Waals surface area contributed by atoms with Crippen molar-refractivity contribution in [2.24, 2.45) is 5.92 Å². The molecule has 2 rings (SSSR count). The minimum atomic E-state index is -0.660. The van der Waals surface area contributed by atoms with Gasteiger partial charge in [0.1, 0.15) is 0 Å². The van der Waals surface area contributed by atoms with Gasteiger partial charge in [-0.05, 0) is 24.5 Å². The van der Waals surface area contributed by atoms with Crippen molar-refractivity contribution in [3.05, 3.63) is 33.3 Å². The van der Waals surface area contributed by atoms with Crippen LogP contribution in [0.1, 0.15) is 25.3 Å². The van der Waals surface area contributed by atoms with Gasteiger partial charge in [0.2, 0.25) is 0 Å². The quantitative estimate of drug-likeness (QED) is 0.872. The van der Waals surface area contributed by atoms with Crippen LogP contribution in [0.25, 0.3) is 0 Å². The van der Waals surface area contributed by atoms with Crippen LogP contribution in [-0.2, 0) is 5.60 Å². The summed E-state index contributed by atoms with van der Waals surface area (Å²) in [5.74, 6) is 0.376. The summed E-state index contributed by atoms with van der Waals surface area (Å²) in [4.78, 5) is 0. The molecule has 0 saturated heterocycles. The molecule has 2 atom stereocenters. The predicted molar refractivity (Wildman–Crippen MR) is 61.4 cm³/mol. The van der Waals surface area contributed by atoms with E-state index in [-0.39, 0.29) is 0 Å². The van der Waals surface area contributed by atoms with Gasteiger partial charge in [-0.2, -0.15) is 0 Å². The van der Waals surface area contributed by atoms with Crippen LogP contribution >= 0.6 is 27.5 Å². The third-order valence-corrected chi connectivity index (χ3v) is 3.77. The zero-order valence-electron chi connectivity index (χ0n) is 7.93. The molecule has 0 bridgehead atoms. The van der Waals surface area contributed by atoms with E-state index < -0.39 is 5.60 Å². The van der Waals surface area contributed by atoms with Gasteiger partial charge in [-0.3, -0.25) is 0 Å². The highest BCUT2D eigenvalue weighted by Crippen LogP contribution is 2.55. The smallest absolute Gasteiger partial charge is 0.0943 e. The molecule has 0 heterocycles.